The summed E-state index contributed by atoms with van der Waals surface area (Å²) in [5.74, 6) is 1.30. The van der Waals surface area contributed by atoms with E-state index in [1.54, 1.807) is 6.20 Å². The van der Waals surface area contributed by atoms with Crippen molar-refractivity contribution in [3.8, 4) is 23.1 Å². The van der Waals surface area contributed by atoms with Gasteiger partial charge in [-0.25, -0.2) is 9.97 Å². The Kier molecular flexibility index (Phi) is 7.40. The van der Waals surface area contributed by atoms with Gasteiger partial charge >= 0.3 is 0 Å². The van der Waals surface area contributed by atoms with Crippen molar-refractivity contribution < 1.29 is 14.3 Å². The third-order valence-corrected chi connectivity index (χ3v) is 7.49. The Bertz CT molecular complexity index is 1570. The topological polar surface area (TPSA) is 108 Å². The van der Waals surface area contributed by atoms with Crippen LogP contribution in [0.1, 0.15) is 12.5 Å². The number of piperazine rings is 1. The largest absolute Gasteiger partial charge is 0.477 e. The summed E-state index contributed by atoms with van der Waals surface area (Å²) in [6.07, 6.45) is 1.77. The van der Waals surface area contributed by atoms with Crippen molar-refractivity contribution >= 4 is 33.7 Å². The second-order valence-electron chi connectivity index (χ2n) is 9.89. The molecule has 0 radical (unpaired) electrons. The molecule has 6 rings (SSSR count). The number of carbonyl (C=O) groups is 1. The molecular formula is C30H31N7O3. The number of ether oxygens (including phenoxy) is 2. The van der Waals surface area contributed by atoms with Gasteiger partial charge in [-0.2, -0.15) is 10.2 Å². The molecule has 0 atom stereocenters. The van der Waals surface area contributed by atoms with Crippen LogP contribution in [-0.2, 0) is 9.53 Å². The molecule has 0 aliphatic carbocycles. The summed E-state index contributed by atoms with van der Waals surface area (Å²) in [6.45, 7) is 8.27. The molecule has 2 aliphatic heterocycles. The predicted octanol–water partition coefficient (Wildman–Crippen LogP) is 3.10. The molecule has 10 heteroatoms. The Hall–Kier alpha value is -4.33. The van der Waals surface area contributed by atoms with Crippen LogP contribution >= 0.6 is 0 Å². The molecule has 5 heterocycles. The normalized spacial score (nSPS) is 16.3. The lowest BCUT2D eigenvalue weighted by molar-refractivity contribution is -0.136. The fraction of sp³-hybridized carbons (Fsp3) is 0.367. The van der Waals surface area contributed by atoms with Gasteiger partial charge in [0.15, 0.2) is 5.65 Å². The number of rotatable bonds is 6. The molecule has 2 aliphatic rings. The monoisotopic (exact) mass is 537 g/mol. The first-order chi connectivity index (χ1) is 19.7. The van der Waals surface area contributed by atoms with Crippen LogP contribution in [0.2, 0.25) is 0 Å². The van der Waals surface area contributed by atoms with Gasteiger partial charge in [-0.05, 0) is 24.6 Å². The number of nitriles is 1. The highest BCUT2D eigenvalue weighted by molar-refractivity contribution is 6.04. The molecule has 0 N–H and O–H groups in total. The number of hydrogen-bond donors (Lipinski definition) is 0. The van der Waals surface area contributed by atoms with E-state index in [-0.39, 0.29) is 5.91 Å². The average Bonchev–Trinajstić information content (AvgIpc) is 3.00. The zero-order valence-electron chi connectivity index (χ0n) is 22.5. The Morgan fingerprint density at radius 1 is 1.02 bits per heavy atom. The number of aromatic nitrogens is 3. The highest BCUT2D eigenvalue weighted by Crippen LogP contribution is 2.38. The summed E-state index contributed by atoms with van der Waals surface area (Å²) in [4.78, 5) is 33.4. The molecule has 1 aromatic carbocycles. The van der Waals surface area contributed by atoms with E-state index < -0.39 is 0 Å². The van der Waals surface area contributed by atoms with Crippen LogP contribution in [0.3, 0.4) is 0 Å². The number of morpholine rings is 1. The van der Waals surface area contributed by atoms with E-state index in [2.05, 4.69) is 26.9 Å². The van der Waals surface area contributed by atoms with Gasteiger partial charge in [0.05, 0.1) is 31.9 Å². The van der Waals surface area contributed by atoms with E-state index in [4.69, 9.17) is 19.4 Å². The van der Waals surface area contributed by atoms with Crippen LogP contribution in [0.4, 0.5) is 5.82 Å². The van der Waals surface area contributed by atoms with Gasteiger partial charge in [0.2, 0.25) is 11.8 Å². The van der Waals surface area contributed by atoms with E-state index in [0.29, 0.717) is 56.5 Å². The van der Waals surface area contributed by atoms with Crippen molar-refractivity contribution in [1.29, 1.82) is 5.26 Å². The summed E-state index contributed by atoms with van der Waals surface area (Å²) in [7, 11) is 0. The van der Waals surface area contributed by atoms with Crippen LogP contribution in [0, 0.1) is 11.3 Å². The van der Waals surface area contributed by atoms with Crippen molar-refractivity contribution in [3.63, 3.8) is 0 Å². The van der Waals surface area contributed by atoms with Gasteiger partial charge in [-0.15, -0.1) is 0 Å². The SMILES string of the molecule is CCOc1nc2nc3ccnc(N4CCN(CC(=O)N5CCOCC5)CC4)c3cc2c(-c2ccccc2)c1C#N. The number of pyridine rings is 3. The number of benzene rings is 1. The number of anilines is 1. The number of hydrogen-bond acceptors (Lipinski definition) is 9. The molecule has 4 aromatic rings. The van der Waals surface area contributed by atoms with Gasteiger partial charge in [-0.3, -0.25) is 9.69 Å². The molecule has 1 amide bonds. The number of amides is 1. The van der Waals surface area contributed by atoms with Crippen LogP contribution in [-0.4, -0.2) is 96.3 Å². The lowest BCUT2D eigenvalue weighted by Crippen LogP contribution is -2.51. The van der Waals surface area contributed by atoms with Gasteiger partial charge in [0.1, 0.15) is 17.5 Å². The maximum absolute atomic E-state index is 12.7. The Morgan fingerprint density at radius 2 is 1.80 bits per heavy atom. The predicted molar refractivity (Wildman–Crippen MR) is 152 cm³/mol. The van der Waals surface area contributed by atoms with Crippen LogP contribution in [0.5, 0.6) is 5.88 Å². The Balaban J connectivity index is 1.34. The summed E-state index contributed by atoms with van der Waals surface area (Å²) < 4.78 is 11.1. The minimum absolute atomic E-state index is 0.163. The van der Waals surface area contributed by atoms with Gasteiger partial charge in [0.25, 0.3) is 0 Å². The van der Waals surface area contributed by atoms with Gasteiger partial charge in [-0.1, -0.05) is 30.3 Å². The van der Waals surface area contributed by atoms with E-state index in [9.17, 15) is 10.1 Å². The number of fused-ring (bicyclic) bond motifs is 2. The Labute approximate surface area is 232 Å². The van der Waals surface area contributed by atoms with E-state index in [1.807, 2.05) is 48.2 Å². The maximum atomic E-state index is 12.7. The van der Waals surface area contributed by atoms with E-state index in [0.717, 1.165) is 59.4 Å². The third-order valence-electron chi connectivity index (χ3n) is 7.49. The molecule has 0 spiro atoms. The molecular weight excluding hydrogens is 506 g/mol. The molecule has 2 saturated heterocycles. The second kappa shape index (κ2) is 11.4. The molecule has 3 aromatic heterocycles. The van der Waals surface area contributed by atoms with Crippen molar-refractivity contribution in [2.45, 2.75) is 6.92 Å². The summed E-state index contributed by atoms with van der Waals surface area (Å²) in [5.41, 5.74) is 3.36. The molecule has 0 saturated carbocycles. The van der Waals surface area contributed by atoms with Crippen LogP contribution in [0.25, 0.3) is 33.1 Å². The fourth-order valence-electron chi connectivity index (χ4n) is 5.46. The first-order valence-corrected chi connectivity index (χ1v) is 13.7. The molecule has 0 bridgehead atoms. The first kappa shape index (κ1) is 25.9. The summed E-state index contributed by atoms with van der Waals surface area (Å²) in [5, 5.41) is 11.8. The van der Waals surface area contributed by atoms with Crippen molar-refractivity contribution in [3.05, 3.63) is 54.2 Å². The van der Waals surface area contributed by atoms with Gasteiger partial charge in [0, 0.05) is 61.8 Å². The summed E-state index contributed by atoms with van der Waals surface area (Å²) in [6, 6.07) is 16.1. The van der Waals surface area contributed by atoms with Crippen molar-refractivity contribution in [2.24, 2.45) is 0 Å². The van der Waals surface area contributed by atoms with Crippen molar-refractivity contribution in [1.82, 2.24) is 24.8 Å². The standard InChI is InChI=1S/C30H31N7O3/c1-2-40-30-24(19-31)27(21-6-4-3-5-7-21)23-18-22-25(33-28(23)34-30)8-9-32-29(22)37-12-10-35(11-13-37)20-26(38)36-14-16-39-17-15-36/h3-9,18H,2,10-17,20H2,1H3. The molecule has 40 heavy (non-hydrogen) atoms. The quantitative estimate of drug-likeness (QED) is 0.343. The third kappa shape index (κ3) is 5.01. The lowest BCUT2D eigenvalue weighted by atomic mass is 9.97. The van der Waals surface area contributed by atoms with Crippen LogP contribution < -0.4 is 9.64 Å². The van der Waals surface area contributed by atoms with Crippen molar-refractivity contribution in [2.75, 3.05) is 70.5 Å². The van der Waals surface area contributed by atoms with E-state index in [1.165, 1.54) is 0 Å². The van der Waals surface area contributed by atoms with Crippen LogP contribution in [0.15, 0.2) is 48.7 Å². The molecule has 2 fully saturated rings. The smallest absolute Gasteiger partial charge is 0.236 e. The lowest BCUT2D eigenvalue weighted by Gasteiger charge is -2.36. The zero-order chi connectivity index (χ0) is 27.5. The fourth-order valence-corrected chi connectivity index (χ4v) is 5.46. The number of nitrogens with zero attached hydrogens (tertiary/aromatic N) is 7. The average molecular weight is 538 g/mol. The molecule has 0 unspecified atom stereocenters. The van der Waals surface area contributed by atoms with E-state index >= 15 is 0 Å². The maximum Gasteiger partial charge on any atom is 0.236 e. The Morgan fingerprint density at radius 3 is 2.52 bits per heavy atom. The number of carbonyl (C=O) groups excluding carboxylic acids is 1. The summed E-state index contributed by atoms with van der Waals surface area (Å²) >= 11 is 0. The van der Waals surface area contributed by atoms with Gasteiger partial charge < -0.3 is 19.3 Å². The minimum atomic E-state index is 0.163. The zero-order valence-corrected chi connectivity index (χ0v) is 22.5. The first-order valence-electron chi connectivity index (χ1n) is 13.7. The second-order valence-corrected chi connectivity index (χ2v) is 9.89. The highest BCUT2D eigenvalue weighted by Gasteiger charge is 2.25. The molecule has 10 nitrogen and oxygen atoms in total. The minimum Gasteiger partial charge on any atom is -0.477 e. The highest BCUT2D eigenvalue weighted by atomic mass is 16.5. The molecule has 204 valence electrons.